The molecule has 1 unspecified atom stereocenters. The van der Waals surface area contributed by atoms with Gasteiger partial charge in [0.05, 0.1) is 0 Å². The third kappa shape index (κ3) is 5.55. The first-order valence-electron chi connectivity index (χ1n) is 6.54. The summed E-state index contributed by atoms with van der Waals surface area (Å²) in [6.07, 6.45) is 0.991. The zero-order valence-electron chi connectivity index (χ0n) is 11.5. The van der Waals surface area contributed by atoms with E-state index in [1.807, 2.05) is 38.1 Å². The minimum atomic E-state index is -0.831. The number of carboxylic acids is 1. The fourth-order valence-electron chi connectivity index (χ4n) is 2.07. The predicted molar refractivity (Wildman–Crippen MR) is 74.1 cm³/mol. The van der Waals surface area contributed by atoms with Gasteiger partial charge in [0.1, 0.15) is 0 Å². The molecule has 1 atom stereocenters. The van der Waals surface area contributed by atoms with Gasteiger partial charge in [-0.15, -0.1) is 0 Å². The number of hydrogen-bond acceptors (Lipinski definition) is 2. The molecule has 0 heterocycles. The summed E-state index contributed by atoms with van der Waals surface area (Å²) in [5, 5.41) is 11.2. The number of carbonyl (C=O) groups excluding carboxylic acids is 1. The van der Waals surface area contributed by atoms with Crippen LogP contribution in [0.4, 0.5) is 0 Å². The molecule has 0 saturated heterocycles. The molecule has 0 saturated carbocycles. The van der Waals surface area contributed by atoms with E-state index in [-0.39, 0.29) is 18.2 Å². The first kappa shape index (κ1) is 15.2. The number of amides is 1. The van der Waals surface area contributed by atoms with Gasteiger partial charge in [-0.1, -0.05) is 31.2 Å². The third-order valence-electron chi connectivity index (χ3n) is 3.10. The third-order valence-corrected chi connectivity index (χ3v) is 3.10. The van der Waals surface area contributed by atoms with Crippen molar-refractivity contribution in [3.05, 3.63) is 35.4 Å². The highest BCUT2D eigenvalue weighted by atomic mass is 16.4. The fraction of sp³-hybridized carbons (Fsp3) is 0.467. The first-order chi connectivity index (χ1) is 9.00. The van der Waals surface area contributed by atoms with Crippen LogP contribution in [0.1, 0.15) is 43.2 Å². The van der Waals surface area contributed by atoms with Gasteiger partial charge < -0.3 is 10.4 Å². The van der Waals surface area contributed by atoms with Gasteiger partial charge in [0.2, 0.25) is 5.91 Å². The van der Waals surface area contributed by atoms with Crippen LogP contribution in [0.25, 0.3) is 0 Å². The number of benzene rings is 1. The second-order valence-electron chi connectivity index (χ2n) is 4.81. The SMILES string of the molecule is Cc1ccccc1C(C)CC(=O)NCCCC(=O)O. The number of nitrogens with one attached hydrogen (secondary N) is 1. The number of rotatable bonds is 7. The van der Waals surface area contributed by atoms with Gasteiger partial charge in [-0.05, 0) is 30.4 Å². The normalized spacial score (nSPS) is 11.9. The Morgan fingerprint density at radius 1 is 1.32 bits per heavy atom. The maximum Gasteiger partial charge on any atom is 0.303 e. The molecule has 1 aromatic carbocycles. The highest BCUT2D eigenvalue weighted by Gasteiger charge is 2.12. The summed E-state index contributed by atoms with van der Waals surface area (Å²) in [7, 11) is 0. The van der Waals surface area contributed by atoms with E-state index in [1.165, 1.54) is 11.1 Å². The van der Waals surface area contributed by atoms with Crippen molar-refractivity contribution >= 4 is 11.9 Å². The number of aryl methyl sites for hydroxylation is 1. The lowest BCUT2D eigenvalue weighted by Gasteiger charge is -2.14. The Kier molecular flexibility index (Phi) is 6.06. The first-order valence-corrected chi connectivity index (χ1v) is 6.54. The van der Waals surface area contributed by atoms with E-state index in [1.54, 1.807) is 0 Å². The van der Waals surface area contributed by atoms with Gasteiger partial charge in [0.25, 0.3) is 0 Å². The van der Waals surface area contributed by atoms with Crippen molar-refractivity contribution in [3.63, 3.8) is 0 Å². The Bertz CT molecular complexity index is 443. The molecule has 0 aliphatic carbocycles. The van der Waals surface area contributed by atoms with E-state index < -0.39 is 5.97 Å². The molecule has 2 N–H and O–H groups in total. The maximum absolute atomic E-state index is 11.7. The monoisotopic (exact) mass is 263 g/mol. The number of carbonyl (C=O) groups is 2. The summed E-state index contributed by atoms with van der Waals surface area (Å²) >= 11 is 0. The Hall–Kier alpha value is -1.84. The standard InChI is InChI=1S/C15H21NO3/c1-11-6-3-4-7-13(11)12(2)10-14(17)16-9-5-8-15(18)19/h3-4,6-7,12H,5,8-10H2,1-2H3,(H,16,17)(H,18,19). The molecular weight excluding hydrogens is 242 g/mol. The predicted octanol–water partition coefficient (Wildman–Crippen LogP) is 2.47. The average molecular weight is 263 g/mol. The molecule has 0 aliphatic rings. The zero-order valence-corrected chi connectivity index (χ0v) is 11.5. The van der Waals surface area contributed by atoms with E-state index in [0.717, 1.165) is 0 Å². The molecule has 1 aromatic rings. The molecule has 0 aliphatic heterocycles. The van der Waals surface area contributed by atoms with Crippen molar-refractivity contribution in [1.82, 2.24) is 5.32 Å². The highest BCUT2D eigenvalue weighted by Crippen LogP contribution is 2.21. The molecule has 1 amide bonds. The molecule has 4 nitrogen and oxygen atoms in total. The van der Waals surface area contributed by atoms with Crippen molar-refractivity contribution in [1.29, 1.82) is 0 Å². The summed E-state index contributed by atoms with van der Waals surface area (Å²) in [6, 6.07) is 8.04. The molecule has 0 radical (unpaired) electrons. The Balaban J connectivity index is 2.36. The van der Waals surface area contributed by atoms with Crippen LogP contribution in [-0.2, 0) is 9.59 Å². The number of aliphatic carboxylic acids is 1. The molecule has 0 aromatic heterocycles. The molecule has 0 fully saturated rings. The largest absolute Gasteiger partial charge is 0.481 e. The molecule has 0 spiro atoms. The van der Waals surface area contributed by atoms with Crippen molar-refractivity contribution in [2.45, 2.75) is 39.0 Å². The highest BCUT2D eigenvalue weighted by molar-refractivity contribution is 5.77. The lowest BCUT2D eigenvalue weighted by Crippen LogP contribution is -2.26. The van der Waals surface area contributed by atoms with Crippen LogP contribution < -0.4 is 5.32 Å². The van der Waals surface area contributed by atoms with E-state index in [0.29, 0.717) is 19.4 Å². The van der Waals surface area contributed by atoms with Crippen molar-refractivity contribution in [2.24, 2.45) is 0 Å². The topological polar surface area (TPSA) is 66.4 Å². The molecule has 104 valence electrons. The average Bonchev–Trinajstić information content (AvgIpc) is 2.35. The Labute approximate surface area is 113 Å². The molecule has 4 heteroatoms. The zero-order chi connectivity index (χ0) is 14.3. The summed E-state index contributed by atoms with van der Waals surface area (Å²) < 4.78 is 0. The summed E-state index contributed by atoms with van der Waals surface area (Å²) in [4.78, 5) is 22.1. The maximum atomic E-state index is 11.7. The molecule has 1 rings (SSSR count). The number of carboxylic acid groups (broad SMARTS) is 1. The van der Waals surface area contributed by atoms with Crippen molar-refractivity contribution in [2.75, 3.05) is 6.54 Å². The van der Waals surface area contributed by atoms with E-state index >= 15 is 0 Å². The summed E-state index contributed by atoms with van der Waals surface area (Å²) in [6.45, 7) is 4.49. The van der Waals surface area contributed by atoms with Crippen molar-refractivity contribution in [3.8, 4) is 0 Å². The Morgan fingerprint density at radius 3 is 2.63 bits per heavy atom. The van der Waals surface area contributed by atoms with E-state index in [4.69, 9.17) is 5.11 Å². The minimum Gasteiger partial charge on any atom is -0.481 e. The van der Waals surface area contributed by atoms with Gasteiger partial charge >= 0.3 is 5.97 Å². The Morgan fingerprint density at radius 2 is 2.00 bits per heavy atom. The molecular formula is C15H21NO3. The summed E-state index contributed by atoms with van der Waals surface area (Å²) in [5.74, 6) is -0.690. The number of hydrogen-bond donors (Lipinski definition) is 2. The van der Waals surface area contributed by atoms with Crippen molar-refractivity contribution < 1.29 is 14.7 Å². The van der Waals surface area contributed by atoms with Gasteiger partial charge in [0, 0.05) is 19.4 Å². The van der Waals surface area contributed by atoms with E-state index in [2.05, 4.69) is 5.32 Å². The molecule has 0 bridgehead atoms. The quantitative estimate of drug-likeness (QED) is 0.743. The van der Waals surface area contributed by atoms with Gasteiger partial charge in [0.15, 0.2) is 0 Å². The van der Waals surface area contributed by atoms with Crippen LogP contribution in [0, 0.1) is 6.92 Å². The van der Waals surface area contributed by atoms with Crippen LogP contribution in [-0.4, -0.2) is 23.5 Å². The fourth-order valence-corrected chi connectivity index (χ4v) is 2.07. The van der Waals surface area contributed by atoms with Gasteiger partial charge in [-0.2, -0.15) is 0 Å². The lowest BCUT2D eigenvalue weighted by atomic mass is 9.93. The van der Waals surface area contributed by atoms with Crippen LogP contribution >= 0.6 is 0 Å². The van der Waals surface area contributed by atoms with E-state index in [9.17, 15) is 9.59 Å². The second kappa shape index (κ2) is 7.56. The lowest BCUT2D eigenvalue weighted by molar-refractivity contribution is -0.137. The van der Waals surface area contributed by atoms with Crippen LogP contribution in [0.15, 0.2) is 24.3 Å². The smallest absolute Gasteiger partial charge is 0.303 e. The minimum absolute atomic E-state index is 0.0267. The summed E-state index contributed by atoms with van der Waals surface area (Å²) in [5.41, 5.74) is 2.37. The van der Waals surface area contributed by atoms with Gasteiger partial charge in [-0.25, -0.2) is 0 Å². The van der Waals surface area contributed by atoms with Gasteiger partial charge in [-0.3, -0.25) is 9.59 Å². The molecule has 19 heavy (non-hydrogen) atoms. The van der Waals surface area contributed by atoms with Crippen LogP contribution in [0.3, 0.4) is 0 Å². The second-order valence-corrected chi connectivity index (χ2v) is 4.81. The van der Waals surface area contributed by atoms with Crippen LogP contribution in [0.2, 0.25) is 0 Å². The van der Waals surface area contributed by atoms with Crippen LogP contribution in [0.5, 0.6) is 0 Å².